The summed E-state index contributed by atoms with van der Waals surface area (Å²) in [6.07, 6.45) is 0.695. The highest BCUT2D eigenvalue weighted by molar-refractivity contribution is 6.01. The Hall–Kier alpha value is -4.17. The van der Waals surface area contributed by atoms with Crippen molar-refractivity contribution in [3.63, 3.8) is 0 Å². The van der Waals surface area contributed by atoms with Crippen molar-refractivity contribution in [3.8, 4) is 0 Å². The normalized spacial score (nSPS) is 23.7. The quantitative estimate of drug-likeness (QED) is 0.233. The molecule has 2 aromatic carbocycles. The molecule has 0 bridgehead atoms. The van der Waals surface area contributed by atoms with E-state index < -0.39 is 48.2 Å². The molecule has 13 heteroatoms. The fourth-order valence-corrected chi connectivity index (χ4v) is 8.41. The average Bonchev–Trinajstić information content (AvgIpc) is 3.89. The molecule has 1 aromatic heterocycles. The Kier molecular flexibility index (Phi) is 11.4. The number of methoxy groups -OCH3 is 2. The third-order valence-electron chi connectivity index (χ3n) is 11.7. The monoisotopic (exact) mass is 735 g/mol. The minimum absolute atomic E-state index is 0.145. The first kappa shape index (κ1) is 38.6. The van der Waals surface area contributed by atoms with Crippen LogP contribution in [-0.4, -0.2) is 102 Å². The van der Waals surface area contributed by atoms with Gasteiger partial charge in [-0.1, -0.05) is 13.0 Å². The molecule has 2 fully saturated rings. The first-order chi connectivity index (χ1) is 25.2. The van der Waals surface area contributed by atoms with Gasteiger partial charge in [0.15, 0.2) is 0 Å². The summed E-state index contributed by atoms with van der Waals surface area (Å²) in [5.41, 5.74) is 18.3. The summed E-state index contributed by atoms with van der Waals surface area (Å²) >= 11 is 0. The number of hydrogen-bond acceptors (Lipinski definition) is 8. The highest BCUT2D eigenvalue weighted by Crippen LogP contribution is 2.46. The molecule has 286 valence electrons. The molecule has 6 rings (SSSR count). The summed E-state index contributed by atoms with van der Waals surface area (Å²) in [4.78, 5) is 46.9. The van der Waals surface area contributed by atoms with Crippen molar-refractivity contribution in [2.45, 2.75) is 102 Å². The summed E-state index contributed by atoms with van der Waals surface area (Å²) < 4.78 is 46.1. The van der Waals surface area contributed by atoms with E-state index in [9.17, 15) is 23.2 Å². The SMILES string of the molecule is CO[C@H](C)[C@H](N)C(=O)N1CC[C@H](OC(C)=O)[C@H]1CC1=C(c2[nH]c3cc(F)ccc3c2C[C@@H]2[C@@H](C)CCN2C(=O)[C@@H](N)[C@@H](C)OC)Cc2cc(F)ccc21. The van der Waals surface area contributed by atoms with Gasteiger partial charge in [0.1, 0.15) is 29.8 Å². The Morgan fingerprint density at radius 1 is 0.887 bits per heavy atom. The third kappa shape index (κ3) is 7.49. The number of nitrogens with two attached hydrogens (primary N) is 2. The number of amides is 2. The number of benzene rings is 2. The van der Waals surface area contributed by atoms with Gasteiger partial charge in [0, 0.05) is 69.7 Å². The van der Waals surface area contributed by atoms with Crippen molar-refractivity contribution in [2.24, 2.45) is 17.4 Å². The van der Waals surface area contributed by atoms with Gasteiger partial charge in [0.2, 0.25) is 11.8 Å². The maximum absolute atomic E-state index is 14.8. The Balaban J connectivity index is 1.47. The van der Waals surface area contributed by atoms with Crippen LogP contribution in [0.15, 0.2) is 36.4 Å². The molecule has 5 N–H and O–H groups in total. The molecule has 0 unspecified atom stereocenters. The molecular weight excluding hydrogens is 684 g/mol. The van der Waals surface area contributed by atoms with Gasteiger partial charge < -0.3 is 40.5 Å². The first-order valence-electron chi connectivity index (χ1n) is 18.4. The molecule has 0 radical (unpaired) electrons. The number of aromatic amines is 1. The molecule has 8 atom stereocenters. The molecule has 3 aliphatic rings. The van der Waals surface area contributed by atoms with Gasteiger partial charge >= 0.3 is 5.97 Å². The highest BCUT2D eigenvalue weighted by atomic mass is 19.1. The predicted molar refractivity (Wildman–Crippen MR) is 197 cm³/mol. The second kappa shape index (κ2) is 15.7. The second-order valence-electron chi connectivity index (χ2n) is 14.8. The maximum atomic E-state index is 14.8. The lowest BCUT2D eigenvalue weighted by Crippen LogP contribution is -2.52. The summed E-state index contributed by atoms with van der Waals surface area (Å²) in [5, 5.41) is 0.812. The number of nitrogens with one attached hydrogen (secondary N) is 1. The Morgan fingerprint density at radius 3 is 2.13 bits per heavy atom. The van der Waals surface area contributed by atoms with Crippen LogP contribution in [0.5, 0.6) is 0 Å². The molecular formula is C40H51F2N5O6. The molecule has 3 aromatic rings. The number of carbonyl (C=O) groups excluding carboxylic acids is 3. The fraction of sp³-hybridized carbons (Fsp3) is 0.525. The topological polar surface area (TPSA) is 153 Å². The predicted octanol–water partition coefficient (Wildman–Crippen LogP) is 4.34. The first-order valence-corrected chi connectivity index (χ1v) is 18.4. The van der Waals surface area contributed by atoms with E-state index in [0.29, 0.717) is 37.9 Å². The van der Waals surface area contributed by atoms with Crippen LogP contribution in [0.1, 0.15) is 69.3 Å². The van der Waals surface area contributed by atoms with Crippen molar-refractivity contribution in [3.05, 3.63) is 70.4 Å². The average molecular weight is 736 g/mol. The Labute approximate surface area is 309 Å². The van der Waals surface area contributed by atoms with Crippen LogP contribution in [0.4, 0.5) is 8.78 Å². The molecule has 2 saturated heterocycles. The number of fused-ring (bicyclic) bond motifs is 2. The number of aromatic nitrogens is 1. The Bertz CT molecular complexity index is 1910. The molecule has 1 aliphatic carbocycles. The highest BCUT2D eigenvalue weighted by Gasteiger charge is 2.44. The van der Waals surface area contributed by atoms with Crippen molar-refractivity contribution < 1.29 is 37.4 Å². The van der Waals surface area contributed by atoms with Crippen LogP contribution in [-0.2, 0) is 41.4 Å². The van der Waals surface area contributed by atoms with Crippen LogP contribution in [0.3, 0.4) is 0 Å². The van der Waals surface area contributed by atoms with Crippen molar-refractivity contribution >= 4 is 39.8 Å². The number of rotatable bonds is 12. The zero-order valence-corrected chi connectivity index (χ0v) is 31.3. The van der Waals surface area contributed by atoms with Gasteiger partial charge in [-0.3, -0.25) is 14.4 Å². The lowest BCUT2D eigenvalue weighted by atomic mass is 9.90. The van der Waals surface area contributed by atoms with Crippen LogP contribution in [0.25, 0.3) is 22.0 Å². The third-order valence-corrected chi connectivity index (χ3v) is 11.7. The van der Waals surface area contributed by atoms with E-state index in [1.165, 1.54) is 45.4 Å². The van der Waals surface area contributed by atoms with Gasteiger partial charge in [0.05, 0.1) is 18.2 Å². The lowest BCUT2D eigenvalue weighted by molar-refractivity contribution is -0.149. The van der Waals surface area contributed by atoms with Gasteiger partial charge in [-0.15, -0.1) is 0 Å². The summed E-state index contributed by atoms with van der Waals surface area (Å²) in [5.74, 6) is -1.61. The van der Waals surface area contributed by atoms with Crippen molar-refractivity contribution in [1.29, 1.82) is 0 Å². The maximum Gasteiger partial charge on any atom is 0.302 e. The number of hydrogen-bond donors (Lipinski definition) is 3. The summed E-state index contributed by atoms with van der Waals surface area (Å²) in [6, 6.07) is 6.75. The molecule has 0 spiro atoms. The van der Waals surface area contributed by atoms with E-state index in [1.54, 1.807) is 30.9 Å². The van der Waals surface area contributed by atoms with Crippen LogP contribution >= 0.6 is 0 Å². The number of nitrogens with zero attached hydrogens (tertiary/aromatic N) is 2. The minimum atomic E-state index is -0.939. The van der Waals surface area contributed by atoms with Crippen molar-refractivity contribution in [2.75, 3.05) is 27.3 Å². The minimum Gasteiger partial charge on any atom is -0.460 e. The number of esters is 1. The van der Waals surface area contributed by atoms with E-state index in [-0.39, 0.29) is 36.0 Å². The second-order valence-corrected chi connectivity index (χ2v) is 14.8. The van der Waals surface area contributed by atoms with E-state index in [2.05, 4.69) is 11.9 Å². The standard InChI is InChI=1S/C40H51F2N5O6/c1-20-11-13-46(39(49)36(43)21(2)51-5)33(20)19-31-28-10-8-26(42)17-32(28)45-38(31)30-16-24-15-25(41)7-9-27(24)29(30)18-34-35(53-23(4)48)12-14-47(34)40(50)37(44)22(3)52-6/h7-10,15,17,20-22,33-37,45H,11-14,16,18-19,43-44H2,1-6H3/t20-,21+,22+,33+,34+,35-,36-,37-/m0/s1. The lowest BCUT2D eigenvalue weighted by Gasteiger charge is -2.32. The number of allylic oxidation sites excluding steroid dienone is 1. The largest absolute Gasteiger partial charge is 0.460 e. The van der Waals surface area contributed by atoms with Crippen LogP contribution in [0, 0.1) is 17.6 Å². The number of likely N-dealkylation sites (tertiary alicyclic amines) is 2. The Morgan fingerprint density at radius 2 is 1.49 bits per heavy atom. The van der Waals surface area contributed by atoms with E-state index in [1.807, 2.05) is 4.90 Å². The zero-order chi connectivity index (χ0) is 38.3. The van der Waals surface area contributed by atoms with Crippen LogP contribution < -0.4 is 11.5 Å². The summed E-state index contributed by atoms with van der Waals surface area (Å²) in [7, 11) is 3.02. The molecule has 3 heterocycles. The molecule has 0 saturated carbocycles. The van der Waals surface area contributed by atoms with Crippen LogP contribution in [0.2, 0.25) is 0 Å². The van der Waals surface area contributed by atoms with Gasteiger partial charge in [0.25, 0.3) is 0 Å². The van der Waals surface area contributed by atoms with Crippen molar-refractivity contribution in [1.82, 2.24) is 14.8 Å². The molecule has 11 nitrogen and oxygen atoms in total. The molecule has 53 heavy (non-hydrogen) atoms. The number of halogens is 2. The number of H-pyrrole nitrogens is 1. The smallest absolute Gasteiger partial charge is 0.302 e. The van der Waals surface area contributed by atoms with E-state index >= 15 is 0 Å². The van der Waals surface area contributed by atoms with Gasteiger partial charge in [-0.25, -0.2) is 8.78 Å². The van der Waals surface area contributed by atoms with Gasteiger partial charge in [-0.05, 0) is 97.2 Å². The number of ether oxygens (including phenoxy) is 3. The summed E-state index contributed by atoms with van der Waals surface area (Å²) in [6.45, 7) is 7.84. The molecule has 2 amide bonds. The van der Waals surface area contributed by atoms with Gasteiger partial charge in [-0.2, -0.15) is 0 Å². The molecule has 2 aliphatic heterocycles. The number of carbonyl (C=O) groups is 3. The zero-order valence-electron chi connectivity index (χ0n) is 31.3. The van der Waals surface area contributed by atoms with E-state index in [4.69, 9.17) is 25.7 Å². The van der Waals surface area contributed by atoms with E-state index in [0.717, 1.165) is 45.3 Å². The fourth-order valence-electron chi connectivity index (χ4n) is 8.41.